The fourth-order valence-corrected chi connectivity index (χ4v) is 4.70. The monoisotopic (exact) mass is 521 g/mol. The second-order valence-electron chi connectivity index (χ2n) is 9.71. The Morgan fingerprint density at radius 1 is 0.919 bits per heavy atom. The molecule has 37 heavy (non-hydrogen) atoms. The van der Waals surface area contributed by atoms with Gasteiger partial charge in [0.1, 0.15) is 22.2 Å². The number of amides is 1. The van der Waals surface area contributed by atoms with Crippen LogP contribution in [0.3, 0.4) is 0 Å². The number of hydrogen-bond donors (Lipinski definition) is 0. The van der Waals surface area contributed by atoms with E-state index in [1.807, 2.05) is 24.3 Å². The van der Waals surface area contributed by atoms with Crippen molar-refractivity contribution in [3.63, 3.8) is 0 Å². The van der Waals surface area contributed by atoms with Crippen molar-refractivity contribution in [2.45, 2.75) is 44.2 Å². The first-order valence-electron chi connectivity index (χ1n) is 11.7. The van der Waals surface area contributed by atoms with Crippen LogP contribution >= 0.6 is 0 Å². The van der Waals surface area contributed by atoms with Gasteiger partial charge >= 0.3 is 10.1 Å². The lowest BCUT2D eigenvalue weighted by molar-refractivity contribution is 0.0717. The molecule has 0 bridgehead atoms. The Balaban J connectivity index is 1.57. The molecule has 0 radical (unpaired) electrons. The van der Waals surface area contributed by atoms with Gasteiger partial charge in [-0.05, 0) is 77.2 Å². The number of nitrogens with zero attached hydrogens (tertiary/aromatic N) is 1. The van der Waals surface area contributed by atoms with Gasteiger partial charge in [-0.25, -0.2) is 4.39 Å². The Labute approximate surface area is 216 Å². The van der Waals surface area contributed by atoms with Crippen LogP contribution in [0, 0.1) is 5.82 Å². The summed E-state index contributed by atoms with van der Waals surface area (Å²) in [6.45, 7) is 6.75. The Bertz CT molecular complexity index is 1460. The highest BCUT2D eigenvalue weighted by Gasteiger charge is 2.21. The summed E-state index contributed by atoms with van der Waals surface area (Å²) in [5.41, 5.74) is 2.28. The zero-order valence-electron chi connectivity index (χ0n) is 20.8. The maximum absolute atomic E-state index is 13.5. The summed E-state index contributed by atoms with van der Waals surface area (Å²) in [6, 6.07) is 22.0. The van der Waals surface area contributed by atoms with Crippen LogP contribution < -0.4 is 4.18 Å². The van der Waals surface area contributed by atoms with Gasteiger partial charge in [0.05, 0.1) is 12.8 Å². The molecule has 0 unspecified atom stereocenters. The summed E-state index contributed by atoms with van der Waals surface area (Å²) in [6.07, 6.45) is 1.55. The van der Waals surface area contributed by atoms with Gasteiger partial charge in [0, 0.05) is 12.1 Å². The molecule has 0 atom stereocenters. The second kappa shape index (κ2) is 10.6. The molecule has 192 valence electrons. The lowest BCUT2D eigenvalue weighted by Gasteiger charge is -2.23. The largest absolute Gasteiger partial charge is 0.467 e. The van der Waals surface area contributed by atoms with Gasteiger partial charge in [0.2, 0.25) is 0 Å². The molecule has 0 aliphatic carbocycles. The Hall–Kier alpha value is -3.91. The molecule has 1 aromatic heterocycles. The molecule has 0 aliphatic rings. The summed E-state index contributed by atoms with van der Waals surface area (Å²) >= 11 is 0. The number of hydrogen-bond acceptors (Lipinski definition) is 5. The Morgan fingerprint density at radius 2 is 1.62 bits per heavy atom. The fourth-order valence-electron chi connectivity index (χ4n) is 3.78. The van der Waals surface area contributed by atoms with E-state index in [4.69, 9.17) is 8.60 Å². The van der Waals surface area contributed by atoms with Crippen molar-refractivity contribution in [3.8, 4) is 5.75 Å². The normalized spacial score (nSPS) is 11.8. The van der Waals surface area contributed by atoms with Crippen molar-refractivity contribution < 1.29 is 26.2 Å². The smallest absolute Gasteiger partial charge is 0.339 e. The van der Waals surface area contributed by atoms with Gasteiger partial charge in [0.25, 0.3) is 5.91 Å². The van der Waals surface area contributed by atoms with Crippen LogP contribution in [0.25, 0.3) is 0 Å². The maximum atomic E-state index is 13.5. The average molecular weight is 522 g/mol. The van der Waals surface area contributed by atoms with E-state index < -0.39 is 15.9 Å². The van der Waals surface area contributed by atoms with Crippen molar-refractivity contribution in [2.24, 2.45) is 0 Å². The molecule has 8 heteroatoms. The molecule has 0 saturated heterocycles. The predicted molar refractivity (Wildman–Crippen MR) is 138 cm³/mol. The highest BCUT2D eigenvalue weighted by atomic mass is 32.2. The van der Waals surface area contributed by atoms with Crippen LogP contribution in [0.4, 0.5) is 4.39 Å². The number of furan rings is 1. The summed E-state index contributed by atoms with van der Waals surface area (Å²) in [7, 11) is -4.15. The molecule has 0 N–H and O–H groups in total. The van der Waals surface area contributed by atoms with Gasteiger partial charge < -0.3 is 13.5 Å². The van der Waals surface area contributed by atoms with Gasteiger partial charge in [0.15, 0.2) is 0 Å². The third-order valence-electron chi connectivity index (χ3n) is 5.79. The average Bonchev–Trinajstić information content (AvgIpc) is 3.36. The summed E-state index contributed by atoms with van der Waals surface area (Å²) in [5.74, 6) is -0.0369. The molecule has 1 heterocycles. The number of carbonyl (C=O) groups is 1. The zero-order valence-corrected chi connectivity index (χ0v) is 21.7. The lowest BCUT2D eigenvalue weighted by Crippen LogP contribution is -2.30. The van der Waals surface area contributed by atoms with E-state index in [2.05, 4.69) is 20.8 Å². The first-order valence-corrected chi connectivity index (χ1v) is 13.1. The van der Waals surface area contributed by atoms with Crippen LogP contribution in [0.2, 0.25) is 0 Å². The van der Waals surface area contributed by atoms with E-state index in [9.17, 15) is 17.6 Å². The first-order chi connectivity index (χ1) is 17.5. The second-order valence-corrected chi connectivity index (χ2v) is 11.3. The highest BCUT2D eigenvalue weighted by Crippen LogP contribution is 2.25. The van der Waals surface area contributed by atoms with E-state index in [1.165, 1.54) is 6.07 Å². The zero-order chi connectivity index (χ0) is 26.6. The van der Waals surface area contributed by atoms with Crippen LogP contribution in [-0.4, -0.2) is 19.2 Å². The molecule has 0 saturated carbocycles. The van der Waals surface area contributed by atoms with Crippen LogP contribution in [0.1, 0.15) is 48.0 Å². The van der Waals surface area contributed by atoms with Gasteiger partial charge in [-0.3, -0.25) is 4.79 Å². The first kappa shape index (κ1) is 26.2. The fraction of sp³-hybridized carbons (Fsp3) is 0.207. The van der Waals surface area contributed by atoms with Crippen molar-refractivity contribution in [1.82, 2.24) is 4.90 Å². The molecular weight excluding hydrogens is 493 g/mol. The minimum atomic E-state index is -4.15. The Morgan fingerprint density at radius 3 is 2.24 bits per heavy atom. The van der Waals surface area contributed by atoms with Crippen molar-refractivity contribution in [2.75, 3.05) is 0 Å². The number of carbonyl (C=O) groups excluding carboxylic acids is 1. The molecule has 0 spiro atoms. The van der Waals surface area contributed by atoms with Crippen LogP contribution in [0.5, 0.6) is 5.75 Å². The molecule has 4 aromatic rings. The van der Waals surface area contributed by atoms with E-state index >= 15 is 0 Å². The topological polar surface area (TPSA) is 76.8 Å². The van der Waals surface area contributed by atoms with E-state index in [1.54, 1.807) is 41.5 Å². The standard InChI is InChI=1S/C29H28FNO5S/c1-29(2,3)23-11-9-22(10-12-23)28(32)31(20-26-8-5-17-35-26)19-21-6-4-7-25(18-21)36-37(33,34)27-15-13-24(30)14-16-27/h4-18H,19-20H2,1-3H3. The SMILES string of the molecule is CC(C)(C)c1ccc(C(=O)N(Cc2cccc(OS(=O)(=O)c3ccc(F)cc3)c2)Cc2ccco2)cc1. The van der Waals surface area contributed by atoms with Crippen molar-refractivity contribution in [1.29, 1.82) is 0 Å². The van der Waals surface area contributed by atoms with Crippen molar-refractivity contribution in [3.05, 3.63) is 119 Å². The summed E-state index contributed by atoms with van der Waals surface area (Å²) < 4.78 is 49.2. The van der Waals surface area contributed by atoms with Gasteiger partial charge in [-0.15, -0.1) is 0 Å². The molecule has 0 aliphatic heterocycles. The molecule has 3 aromatic carbocycles. The quantitative estimate of drug-likeness (QED) is 0.253. The summed E-state index contributed by atoms with van der Waals surface area (Å²) in [4.78, 5) is 15.0. The van der Waals surface area contributed by atoms with E-state index in [0.717, 1.165) is 29.8 Å². The van der Waals surface area contributed by atoms with Gasteiger partial charge in [-0.1, -0.05) is 45.0 Å². The number of benzene rings is 3. The van der Waals surface area contributed by atoms with E-state index in [0.29, 0.717) is 16.9 Å². The molecule has 6 nitrogen and oxygen atoms in total. The third-order valence-corrected chi connectivity index (χ3v) is 7.05. The third kappa shape index (κ3) is 6.65. The lowest BCUT2D eigenvalue weighted by atomic mass is 9.86. The Kier molecular flexibility index (Phi) is 7.50. The van der Waals surface area contributed by atoms with Crippen molar-refractivity contribution >= 4 is 16.0 Å². The minimum Gasteiger partial charge on any atom is -0.467 e. The minimum absolute atomic E-state index is 0.0376. The highest BCUT2D eigenvalue weighted by molar-refractivity contribution is 7.87. The van der Waals surface area contributed by atoms with Crippen LogP contribution in [-0.2, 0) is 28.6 Å². The van der Waals surface area contributed by atoms with Gasteiger partial charge in [-0.2, -0.15) is 8.42 Å². The molecule has 4 rings (SSSR count). The van der Waals surface area contributed by atoms with Crippen LogP contribution in [0.15, 0.2) is 101 Å². The molecule has 0 fully saturated rings. The van der Waals surface area contributed by atoms with E-state index in [-0.39, 0.29) is 35.1 Å². The molecule has 1 amide bonds. The maximum Gasteiger partial charge on any atom is 0.339 e. The number of halogens is 1. The summed E-state index contributed by atoms with van der Waals surface area (Å²) in [5, 5.41) is 0. The number of rotatable bonds is 8. The molecular formula is C29H28FNO5S. The predicted octanol–water partition coefficient (Wildman–Crippen LogP) is 6.33.